The smallest absolute Gasteiger partial charge is 0.258 e. The van der Waals surface area contributed by atoms with Crippen LogP contribution in [-0.2, 0) is 5.33 Å². The van der Waals surface area contributed by atoms with Gasteiger partial charge in [0, 0.05) is 21.9 Å². The first-order valence-corrected chi connectivity index (χ1v) is 5.05. The van der Waals surface area contributed by atoms with Crippen molar-refractivity contribution >= 4 is 37.5 Å². The van der Waals surface area contributed by atoms with E-state index < -0.39 is 4.92 Å². The molecular weight excluding hydrogens is 290 g/mol. The molecule has 0 saturated carbocycles. The van der Waals surface area contributed by atoms with Crippen LogP contribution in [0.25, 0.3) is 0 Å². The summed E-state index contributed by atoms with van der Waals surface area (Å²) in [7, 11) is 0. The van der Waals surface area contributed by atoms with Gasteiger partial charge in [-0.2, -0.15) is 0 Å². The summed E-state index contributed by atoms with van der Waals surface area (Å²) in [6.07, 6.45) is 0. The molecule has 5 heteroatoms. The van der Waals surface area contributed by atoms with Crippen LogP contribution in [0.15, 0.2) is 22.7 Å². The number of nitro benzene ring substituents is 1. The minimum atomic E-state index is -0.406. The maximum atomic E-state index is 10.4. The Bertz CT molecular complexity index is 314. The second-order valence-corrected chi connectivity index (χ2v) is 3.68. The molecular formula is C7H5Br2NO2. The highest BCUT2D eigenvalue weighted by Gasteiger charge is 2.07. The predicted molar refractivity (Wildman–Crippen MR) is 53.4 cm³/mol. The van der Waals surface area contributed by atoms with Crippen molar-refractivity contribution in [3.8, 4) is 0 Å². The van der Waals surface area contributed by atoms with Crippen LogP contribution in [0.5, 0.6) is 0 Å². The van der Waals surface area contributed by atoms with Crippen LogP contribution in [0.1, 0.15) is 5.56 Å². The zero-order chi connectivity index (χ0) is 9.14. The number of benzene rings is 1. The van der Waals surface area contributed by atoms with Gasteiger partial charge in [0.2, 0.25) is 0 Å². The molecule has 64 valence electrons. The van der Waals surface area contributed by atoms with Crippen LogP contribution >= 0.6 is 31.9 Å². The molecule has 0 saturated heterocycles. The third-order valence-corrected chi connectivity index (χ3v) is 2.41. The van der Waals surface area contributed by atoms with Gasteiger partial charge in [0.15, 0.2) is 0 Å². The topological polar surface area (TPSA) is 43.1 Å². The number of hydrogen-bond acceptors (Lipinski definition) is 2. The van der Waals surface area contributed by atoms with Gasteiger partial charge in [-0.25, -0.2) is 0 Å². The molecule has 12 heavy (non-hydrogen) atoms. The van der Waals surface area contributed by atoms with Crippen molar-refractivity contribution in [2.45, 2.75) is 5.33 Å². The summed E-state index contributed by atoms with van der Waals surface area (Å²) in [6, 6.07) is 4.85. The third-order valence-electron chi connectivity index (χ3n) is 1.31. The van der Waals surface area contributed by atoms with Crippen LogP contribution in [0.4, 0.5) is 5.69 Å². The van der Waals surface area contributed by atoms with Crippen molar-refractivity contribution in [3.05, 3.63) is 38.3 Å². The molecule has 0 atom stereocenters. The fourth-order valence-electron chi connectivity index (χ4n) is 0.816. The summed E-state index contributed by atoms with van der Waals surface area (Å²) in [5.41, 5.74) is 0.995. The molecule has 0 radical (unpaired) electrons. The first-order chi connectivity index (χ1) is 5.63. The fraction of sp³-hybridized carbons (Fsp3) is 0.143. The van der Waals surface area contributed by atoms with E-state index in [9.17, 15) is 10.1 Å². The van der Waals surface area contributed by atoms with Crippen molar-refractivity contribution in [3.63, 3.8) is 0 Å². The quantitative estimate of drug-likeness (QED) is 0.477. The molecule has 0 aliphatic rings. The second-order valence-electron chi connectivity index (χ2n) is 2.21. The number of nitro groups is 1. The number of nitrogens with zero attached hydrogens (tertiary/aromatic N) is 1. The van der Waals surface area contributed by atoms with Gasteiger partial charge in [0.05, 0.1) is 4.92 Å². The first kappa shape index (κ1) is 9.67. The monoisotopic (exact) mass is 293 g/mol. The Kier molecular flexibility index (Phi) is 3.22. The number of hydrogen-bond donors (Lipinski definition) is 0. The van der Waals surface area contributed by atoms with E-state index in [2.05, 4.69) is 31.9 Å². The highest BCUT2D eigenvalue weighted by atomic mass is 79.9. The Morgan fingerprint density at radius 1 is 1.42 bits per heavy atom. The Morgan fingerprint density at radius 3 is 2.58 bits per heavy atom. The molecule has 0 unspecified atom stereocenters. The maximum absolute atomic E-state index is 10.4. The molecule has 1 aromatic rings. The van der Waals surface area contributed by atoms with E-state index in [4.69, 9.17) is 0 Å². The summed E-state index contributed by atoms with van der Waals surface area (Å²) in [5, 5.41) is 11.0. The Labute approximate surface area is 86.2 Å². The van der Waals surface area contributed by atoms with Crippen LogP contribution in [0, 0.1) is 10.1 Å². The van der Waals surface area contributed by atoms with E-state index >= 15 is 0 Å². The SMILES string of the molecule is O=[N+]([O-])c1cc(Br)cc(CBr)c1. The minimum absolute atomic E-state index is 0.110. The van der Waals surface area contributed by atoms with Gasteiger partial charge >= 0.3 is 0 Å². The van der Waals surface area contributed by atoms with Gasteiger partial charge in [0.1, 0.15) is 0 Å². The Morgan fingerprint density at radius 2 is 2.08 bits per heavy atom. The highest BCUT2D eigenvalue weighted by Crippen LogP contribution is 2.22. The number of non-ortho nitro benzene ring substituents is 1. The van der Waals surface area contributed by atoms with E-state index in [0.717, 1.165) is 10.0 Å². The molecule has 0 aliphatic heterocycles. The van der Waals surface area contributed by atoms with E-state index in [1.54, 1.807) is 6.07 Å². The van der Waals surface area contributed by atoms with Crippen molar-refractivity contribution < 1.29 is 4.92 Å². The average molecular weight is 295 g/mol. The van der Waals surface area contributed by atoms with Crippen LogP contribution in [0.3, 0.4) is 0 Å². The summed E-state index contributed by atoms with van der Waals surface area (Å²) in [5.74, 6) is 0. The van der Waals surface area contributed by atoms with Crippen LogP contribution < -0.4 is 0 Å². The summed E-state index contributed by atoms with van der Waals surface area (Å²) >= 11 is 6.43. The van der Waals surface area contributed by atoms with Crippen molar-refractivity contribution in [2.24, 2.45) is 0 Å². The molecule has 3 nitrogen and oxygen atoms in total. The molecule has 0 N–H and O–H groups in total. The lowest BCUT2D eigenvalue weighted by atomic mass is 10.2. The lowest BCUT2D eigenvalue weighted by Gasteiger charge is -1.97. The summed E-state index contributed by atoms with van der Waals surface area (Å²) in [6.45, 7) is 0. The molecule has 0 aromatic heterocycles. The number of alkyl halides is 1. The zero-order valence-electron chi connectivity index (χ0n) is 5.96. The van der Waals surface area contributed by atoms with E-state index in [1.165, 1.54) is 6.07 Å². The Hall–Kier alpha value is -0.420. The predicted octanol–water partition coefficient (Wildman–Crippen LogP) is 3.25. The van der Waals surface area contributed by atoms with Crippen molar-refractivity contribution in [1.29, 1.82) is 0 Å². The van der Waals surface area contributed by atoms with E-state index in [-0.39, 0.29) is 5.69 Å². The number of rotatable bonds is 2. The summed E-state index contributed by atoms with van der Waals surface area (Å²) in [4.78, 5) is 9.98. The van der Waals surface area contributed by atoms with Crippen LogP contribution in [0.2, 0.25) is 0 Å². The molecule has 0 aliphatic carbocycles. The molecule has 0 amide bonds. The van der Waals surface area contributed by atoms with Gasteiger partial charge in [-0.3, -0.25) is 10.1 Å². The number of halogens is 2. The minimum Gasteiger partial charge on any atom is -0.258 e. The molecule has 0 bridgehead atoms. The lowest BCUT2D eigenvalue weighted by Crippen LogP contribution is -1.89. The van der Waals surface area contributed by atoms with Crippen molar-refractivity contribution in [1.82, 2.24) is 0 Å². The third kappa shape index (κ3) is 2.28. The summed E-state index contributed by atoms with van der Waals surface area (Å²) < 4.78 is 0.728. The van der Waals surface area contributed by atoms with E-state index in [0.29, 0.717) is 5.33 Å². The van der Waals surface area contributed by atoms with Gasteiger partial charge < -0.3 is 0 Å². The van der Waals surface area contributed by atoms with E-state index in [1.807, 2.05) is 6.07 Å². The molecule has 0 fully saturated rings. The molecule has 1 aromatic carbocycles. The standard InChI is InChI=1S/C7H5Br2NO2/c8-4-5-1-6(9)3-7(2-5)10(11)12/h1-3H,4H2. The first-order valence-electron chi connectivity index (χ1n) is 3.13. The average Bonchev–Trinajstić information content (AvgIpc) is 2.03. The van der Waals surface area contributed by atoms with Gasteiger partial charge in [-0.15, -0.1) is 0 Å². The largest absolute Gasteiger partial charge is 0.270 e. The molecule has 0 spiro atoms. The maximum Gasteiger partial charge on any atom is 0.270 e. The van der Waals surface area contributed by atoms with Crippen molar-refractivity contribution in [2.75, 3.05) is 0 Å². The normalized spacial score (nSPS) is 9.83. The van der Waals surface area contributed by atoms with Gasteiger partial charge in [0.25, 0.3) is 5.69 Å². The van der Waals surface area contributed by atoms with Gasteiger partial charge in [-0.1, -0.05) is 31.9 Å². The van der Waals surface area contributed by atoms with Gasteiger partial charge in [-0.05, 0) is 11.6 Å². The highest BCUT2D eigenvalue weighted by molar-refractivity contribution is 9.10. The second kappa shape index (κ2) is 4.00. The van der Waals surface area contributed by atoms with Crippen LogP contribution in [-0.4, -0.2) is 4.92 Å². The molecule has 0 heterocycles. The Balaban J connectivity index is 3.15. The zero-order valence-corrected chi connectivity index (χ0v) is 9.13. The lowest BCUT2D eigenvalue weighted by molar-refractivity contribution is -0.385. The molecule has 1 rings (SSSR count). The fourth-order valence-corrected chi connectivity index (χ4v) is 1.67.